The second kappa shape index (κ2) is 18.7. The van der Waals surface area contributed by atoms with Crippen LogP contribution in [0, 0.1) is 10.7 Å². The molecule has 0 spiro atoms. The molecule has 0 radical (unpaired) electrons. The number of rotatable bonds is 8. The first-order valence-corrected chi connectivity index (χ1v) is 30.9. The fourth-order valence-electron chi connectivity index (χ4n) is 12.6. The van der Waals surface area contributed by atoms with Crippen LogP contribution >= 0.6 is 19.8 Å². The van der Waals surface area contributed by atoms with Crippen LogP contribution in [-0.4, -0.2) is 24.1 Å². The van der Waals surface area contributed by atoms with Crippen molar-refractivity contribution in [3.63, 3.8) is 0 Å². The third-order valence-corrected chi connectivity index (χ3v) is 22.7. The van der Waals surface area contributed by atoms with Crippen LogP contribution in [0.4, 0.5) is 0 Å². The third-order valence-electron chi connectivity index (χ3n) is 16.3. The third kappa shape index (κ3) is 7.36. The fourth-order valence-corrected chi connectivity index (χ4v) is 19.6. The number of para-hydroxylation sites is 5. The molecule has 0 N–H and O–H groups in total. The van der Waals surface area contributed by atoms with Crippen LogP contribution in [0.5, 0.6) is 0 Å². The molecule has 1 aliphatic rings. The maximum absolute atomic E-state index is 6.44. The zero-order chi connectivity index (χ0) is 53.8. The summed E-state index contributed by atoms with van der Waals surface area (Å²) in [5.41, 5.74) is 18.5. The van der Waals surface area contributed by atoms with Gasteiger partial charge in [-0.15, -0.1) is 0 Å². The van der Waals surface area contributed by atoms with Gasteiger partial charge in [-0.05, 0) is 6.07 Å². The van der Waals surface area contributed by atoms with Crippen LogP contribution in [0.15, 0.2) is 283 Å². The minimum absolute atomic E-state index is 0.574. The van der Waals surface area contributed by atoms with Gasteiger partial charge in [-0.1, -0.05) is 18.2 Å². The van der Waals surface area contributed by atoms with Crippen molar-refractivity contribution in [2.24, 2.45) is 0 Å². The normalized spacial score (nSPS) is 12.6. The van der Waals surface area contributed by atoms with E-state index in [0.717, 1.165) is 61.1 Å². The first-order chi connectivity index (χ1) is 40.7. The van der Waals surface area contributed by atoms with Gasteiger partial charge in [0.05, 0.1) is 0 Å². The molecule has 4 aromatic heterocycles. The molecule has 384 valence electrons. The summed E-state index contributed by atoms with van der Waals surface area (Å²) in [5, 5.41) is 7.11. The van der Waals surface area contributed by atoms with Gasteiger partial charge in [-0.25, -0.2) is 0 Å². The number of aromatic nitrogens is 5. The Bertz CT molecular complexity index is 4910. The molecule has 0 amide bonds. The van der Waals surface area contributed by atoms with Crippen molar-refractivity contribution in [1.29, 1.82) is 0 Å². The molecular weight excluding hydrogens is 1110 g/mol. The number of benzene rings is 12. The predicted octanol–water partition coefficient (Wildman–Crippen LogP) is 19.7. The fraction of sp³-hybridized carbons (Fsp3) is 0. The first-order valence-electron chi connectivity index (χ1n) is 27.6. The summed E-state index contributed by atoms with van der Waals surface area (Å²) in [6.07, 6.45) is 0. The molecule has 0 fully saturated rings. The Morgan fingerprint density at radius 1 is 0.268 bits per heavy atom. The Hall–Kier alpha value is -10.2. The topological polar surface area (TPSA) is 61.7 Å². The number of halogens is 1. The Labute approximate surface area is 479 Å². The second-order valence-corrected chi connectivity index (χ2v) is 26.0. The van der Waals surface area contributed by atoms with Crippen LogP contribution in [0.2, 0.25) is 0 Å². The summed E-state index contributed by atoms with van der Waals surface area (Å²) >= 11 is -2.69. The SMILES string of the molecule is c1ccc(-c2nc(-c3cc(-c4ccccc4)c(I4c5ccc(-n6c7ccccc7c7ccccc76)cc5-c5cc(-n6c7ccccc7c7ccccc76)ccc54)c(-c4ccccc4)c3)nc(-c3ccc4c(c3)oc3ccccc34)n2)cc1. The van der Waals surface area contributed by atoms with E-state index in [1.165, 1.54) is 76.6 Å². The van der Waals surface area contributed by atoms with Crippen molar-refractivity contribution >= 4 is 85.4 Å². The Balaban J connectivity index is 0.929. The van der Waals surface area contributed by atoms with E-state index in [0.29, 0.717) is 17.5 Å². The summed E-state index contributed by atoms with van der Waals surface area (Å²) in [4.78, 5) is 16.0. The van der Waals surface area contributed by atoms with Crippen LogP contribution in [0.25, 0.3) is 144 Å². The molecule has 0 aliphatic carbocycles. The van der Waals surface area contributed by atoms with E-state index in [2.05, 4.69) is 258 Å². The van der Waals surface area contributed by atoms with E-state index in [9.17, 15) is 0 Å². The summed E-state index contributed by atoms with van der Waals surface area (Å²) in [5.74, 6) is 1.77. The number of hydrogen-bond acceptors (Lipinski definition) is 4. The Morgan fingerprint density at radius 3 is 1.15 bits per heavy atom. The Morgan fingerprint density at radius 2 is 0.659 bits per heavy atom. The molecule has 6 nitrogen and oxygen atoms in total. The Kier molecular flexibility index (Phi) is 10.6. The molecule has 7 heteroatoms. The standard InChI is InChI=1S/C75H46IN5O/c1-4-20-47(21-5-1)60-42-51(75-78-73(49-24-8-3-9-25-49)77-74(79-75)50-36-39-59-58-30-14-19-35-70(58)82-71(59)44-50)43-61(48-22-6-2-7-23-48)72(60)76-64-40-37-52(80-66-31-15-10-26-54(66)55-27-11-16-32-67(55)80)45-62(64)63-46-53(38-41-65(63)76)81-68-33-17-12-28-56(68)57-29-13-18-34-69(57)81/h1-46H. The minimum atomic E-state index is -2.69. The quantitative estimate of drug-likeness (QED) is 0.142. The molecule has 82 heavy (non-hydrogen) atoms. The van der Waals surface area contributed by atoms with Gasteiger partial charge in [0.2, 0.25) is 0 Å². The van der Waals surface area contributed by atoms with Crippen molar-refractivity contribution in [1.82, 2.24) is 24.1 Å². The van der Waals surface area contributed by atoms with Crippen molar-refractivity contribution in [3.8, 4) is 78.9 Å². The molecule has 16 aromatic rings. The molecule has 0 saturated heterocycles. The van der Waals surface area contributed by atoms with Gasteiger partial charge in [0.25, 0.3) is 0 Å². The molecule has 0 atom stereocenters. The van der Waals surface area contributed by atoms with Crippen LogP contribution in [0.1, 0.15) is 0 Å². The summed E-state index contributed by atoms with van der Waals surface area (Å²) < 4.78 is 15.5. The molecular formula is C75H46IN5O. The van der Waals surface area contributed by atoms with Gasteiger partial charge in [0.1, 0.15) is 0 Å². The summed E-state index contributed by atoms with van der Waals surface area (Å²) in [6, 6.07) is 101. The average Bonchev–Trinajstić information content (AvgIpc) is 3.01. The van der Waals surface area contributed by atoms with Gasteiger partial charge >= 0.3 is 458 Å². The van der Waals surface area contributed by atoms with E-state index < -0.39 is 19.8 Å². The van der Waals surface area contributed by atoms with Crippen LogP contribution in [0.3, 0.4) is 0 Å². The number of furan rings is 1. The molecule has 17 rings (SSSR count). The van der Waals surface area contributed by atoms with Crippen LogP contribution in [-0.2, 0) is 0 Å². The predicted molar refractivity (Wildman–Crippen MR) is 345 cm³/mol. The van der Waals surface area contributed by atoms with Gasteiger partial charge in [0, 0.05) is 0 Å². The molecule has 1 aliphatic heterocycles. The van der Waals surface area contributed by atoms with E-state index in [-0.39, 0.29) is 0 Å². The molecule has 12 aromatic carbocycles. The van der Waals surface area contributed by atoms with Crippen molar-refractivity contribution in [3.05, 3.63) is 290 Å². The average molecular weight is 1160 g/mol. The van der Waals surface area contributed by atoms with Gasteiger partial charge < -0.3 is 0 Å². The number of hydrogen-bond donors (Lipinski definition) is 0. The first kappa shape index (κ1) is 46.7. The number of fused-ring (bicyclic) bond motifs is 12. The van der Waals surface area contributed by atoms with Crippen molar-refractivity contribution in [2.45, 2.75) is 0 Å². The maximum atomic E-state index is 6.44. The zero-order valence-corrected chi connectivity index (χ0v) is 46.2. The van der Waals surface area contributed by atoms with E-state index in [1.807, 2.05) is 30.3 Å². The van der Waals surface area contributed by atoms with Gasteiger partial charge in [0.15, 0.2) is 0 Å². The van der Waals surface area contributed by atoms with E-state index in [4.69, 9.17) is 19.4 Å². The summed E-state index contributed by atoms with van der Waals surface area (Å²) in [6.45, 7) is 0. The van der Waals surface area contributed by atoms with E-state index >= 15 is 0 Å². The molecule has 5 heterocycles. The van der Waals surface area contributed by atoms with Crippen molar-refractivity contribution in [2.75, 3.05) is 0 Å². The zero-order valence-electron chi connectivity index (χ0n) is 44.1. The monoisotopic (exact) mass is 1160 g/mol. The molecule has 0 saturated carbocycles. The van der Waals surface area contributed by atoms with Gasteiger partial charge in [-0.2, -0.15) is 0 Å². The second-order valence-electron chi connectivity index (χ2n) is 21.0. The molecule has 0 unspecified atom stereocenters. The van der Waals surface area contributed by atoms with Crippen LogP contribution < -0.4 is 0 Å². The van der Waals surface area contributed by atoms with Gasteiger partial charge in [-0.3, -0.25) is 0 Å². The molecule has 0 bridgehead atoms. The van der Waals surface area contributed by atoms with Crippen molar-refractivity contribution < 1.29 is 4.42 Å². The van der Waals surface area contributed by atoms with E-state index in [1.54, 1.807) is 0 Å². The summed E-state index contributed by atoms with van der Waals surface area (Å²) in [7, 11) is 0. The number of nitrogens with zero attached hydrogens (tertiary/aromatic N) is 5.